The van der Waals surface area contributed by atoms with E-state index in [0.717, 1.165) is 57.1 Å². The molecule has 6 aromatic rings. The van der Waals surface area contributed by atoms with E-state index in [2.05, 4.69) is 17.0 Å². The van der Waals surface area contributed by atoms with E-state index in [-0.39, 0.29) is 22.6 Å². The van der Waals surface area contributed by atoms with Gasteiger partial charge in [-0.25, -0.2) is 4.68 Å². The number of hydrogen-bond donors (Lipinski definition) is 0. The van der Waals surface area contributed by atoms with Gasteiger partial charge in [0.25, 0.3) is 11.1 Å². The Bertz CT molecular complexity index is 2080. The first-order valence-corrected chi connectivity index (χ1v) is 14.7. The lowest BCUT2D eigenvalue weighted by Gasteiger charge is -2.09. The molecule has 216 valence electrons. The van der Waals surface area contributed by atoms with Gasteiger partial charge >= 0.3 is 0 Å². The summed E-state index contributed by atoms with van der Waals surface area (Å²) in [6.07, 6.45) is 4.86. The molecular weight excluding hydrogens is 562 g/mol. The van der Waals surface area contributed by atoms with Gasteiger partial charge in [-0.05, 0) is 73.0 Å². The molecule has 0 bridgehead atoms. The van der Waals surface area contributed by atoms with E-state index in [0.29, 0.717) is 16.9 Å². The largest absolute Gasteiger partial charge is 0.497 e. The van der Waals surface area contributed by atoms with Crippen LogP contribution in [0.15, 0.2) is 88.6 Å². The first-order valence-electron chi connectivity index (χ1n) is 13.9. The maximum absolute atomic E-state index is 13.5. The smallest absolute Gasteiger partial charge is 0.296 e. The number of ether oxygens (including phenoxy) is 2. The standard InChI is InChI=1S/C33H29N5O4S/c1-4-16-42-26-14-15-27(21(2)17-26)30-23(20-37(36-30)24-8-6-5-7-9-24)19-29-32(40)38-33(43-29)34-31(39)28(35-38)18-22-10-12-25(41-3)13-11-22/h5-15,17,19-20H,4,16,18H2,1-3H3/b29-19-. The average molecular weight is 592 g/mol. The number of benzene rings is 3. The minimum atomic E-state index is -0.456. The summed E-state index contributed by atoms with van der Waals surface area (Å²) in [4.78, 5) is 30.8. The van der Waals surface area contributed by atoms with Crippen LogP contribution in [0.1, 0.15) is 35.7 Å². The highest BCUT2D eigenvalue weighted by Gasteiger charge is 2.16. The number of nitrogens with zero attached hydrogens (tertiary/aromatic N) is 5. The van der Waals surface area contributed by atoms with E-state index < -0.39 is 5.56 Å². The lowest BCUT2D eigenvalue weighted by Crippen LogP contribution is -2.28. The fourth-order valence-corrected chi connectivity index (χ4v) is 5.65. The van der Waals surface area contributed by atoms with Crippen molar-refractivity contribution in [1.29, 1.82) is 0 Å². The van der Waals surface area contributed by atoms with Crippen LogP contribution in [0.3, 0.4) is 0 Å². The molecule has 0 amide bonds. The zero-order valence-electron chi connectivity index (χ0n) is 24.0. The molecule has 3 aromatic heterocycles. The summed E-state index contributed by atoms with van der Waals surface area (Å²) in [6, 6.07) is 23.1. The summed E-state index contributed by atoms with van der Waals surface area (Å²) >= 11 is 1.13. The van der Waals surface area contributed by atoms with Crippen molar-refractivity contribution in [1.82, 2.24) is 24.4 Å². The highest BCUT2D eigenvalue weighted by Crippen LogP contribution is 2.30. The SMILES string of the molecule is CCCOc1ccc(-c2nn(-c3ccccc3)cc2/C=c2\sc3nc(=O)c(Cc4ccc(OC)cc4)nn3c2=O)c(C)c1. The van der Waals surface area contributed by atoms with Crippen LogP contribution in [0.2, 0.25) is 0 Å². The molecule has 3 heterocycles. The second-order valence-corrected chi connectivity index (χ2v) is 11.0. The predicted molar refractivity (Wildman–Crippen MR) is 168 cm³/mol. The molecule has 0 fully saturated rings. The lowest BCUT2D eigenvalue weighted by molar-refractivity contribution is 0.317. The topological polar surface area (TPSA) is 101 Å². The van der Waals surface area contributed by atoms with E-state index in [1.807, 2.05) is 85.9 Å². The first-order chi connectivity index (χ1) is 20.9. The van der Waals surface area contributed by atoms with E-state index in [1.165, 1.54) is 4.52 Å². The summed E-state index contributed by atoms with van der Waals surface area (Å²) in [5.74, 6) is 1.52. The highest BCUT2D eigenvalue weighted by molar-refractivity contribution is 7.15. The van der Waals surface area contributed by atoms with E-state index in [4.69, 9.17) is 14.6 Å². The molecule has 0 atom stereocenters. The Morgan fingerprint density at radius 3 is 2.44 bits per heavy atom. The van der Waals surface area contributed by atoms with Crippen molar-refractivity contribution in [2.75, 3.05) is 13.7 Å². The van der Waals surface area contributed by atoms with Gasteiger partial charge in [0.2, 0.25) is 4.96 Å². The van der Waals surface area contributed by atoms with Crippen LogP contribution >= 0.6 is 11.3 Å². The Labute approximate surface area is 251 Å². The fraction of sp³-hybridized carbons (Fsp3) is 0.182. The minimum Gasteiger partial charge on any atom is -0.497 e. The number of aryl methyl sites for hydroxylation is 1. The predicted octanol–water partition coefficient (Wildman–Crippen LogP) is 4.61. The van der Waals surface area contributed by atoms with Crippen molar-refractivity contribution in [3.63, 3.8) is 0 Å². The summed E-state index contributed by atoms with van der Waals surface area (Å²) in [5, 5.41) is 9.33. The Hall–Kier alpha value is -5.09. The summed E-state index contributed by atoms with van der Waals surface area (Å²) in [5.41, 5.74) is 4.53. The van der Waals surface area contributed by atoms with Crippen molar-refractivity contribution in [3.8, 4) is 28.4 Å². The second-order valence-electron chi connectivity index (χ2n) is 10.0. The van der Waals surface area contributed by atoms with Crippen LogP contribution in [0.4, 0.5) is 0 Å². The average Bonchev–Trinajstić information content (AvgIpc) is 3.57. The Kier molecular flexibility index (Phi) is 7.84. The number of rotatable bonds is 9. The molecule has 0 N–H and O–H groups in total. The monoisotopic (exact) mass is 591 g/mol. The van der Waals surface area contributed by atoms with Crippen molar-refractivity contribution in [2.45, 2.75) is 26.7 Å². The number of methoxy groups -OCH3 is 1. The molecule has 43 heavy (non-hydrogen) atoms. The molecule has 0 unspecified atom stereocenters. The molecule has 0 spiro atoms. The van der Waals surface area contributed by atoms with Crippen LogP contribution in [0.5, 0.6) is 11.5 Å². The molecular formula is C33H29N5O4S. The van der Waals surface area contributed by atoms with Crippen molar-refractivity contribution >= 4 is 22.4 Å². The van der Waals surface area contributed by atoms with Gasteiger partial charge in [0.15, 0.2) is 0 Å². The molecule has 0 aliphatic heterocycles. The van der Waals surface area contributed by atoms with Crippen molar-refractivity contribution in [3.05, 3.63) is 127 Å². The van der Waals surface area contributed by atoms with Gasteiger partial charge in [0, 0.05) is 23.7 Å². The Morgan fingerprint density at radius 2 is 1.72 bits per heavy atom. The van der Waals surface area contributed by atoms with Gasteiger partial charge in [-0.1, -0.05) is 48.6 Å². The zero-order chi connectivity index (χ0) is 29.9. The van der Waals surface area contributed by atoms with Crippen LogP contribution in [-0.4, -0.2) is 38.1 Å². The maximum atomic E-state index is 13.5. The summed E-state index contributed by atoms with van der Waals surface area (Å²) in [7, 11) is 1.59. The molecule has 0 aliphatic rings. The van der Waals surface area contributed by atoms with Gasteiger partial charge in [-0.15, -0.1) is 0 Å². The van der Waals surface area contributed by atoms with Gasteiger partial charge in [-0.3, -0.25) is 9.59 Å². The van der Waals surface area contributed by atoms with E-state index in [1.54, 1.807) is 17.9 Å². The number of hydrogen-bond acceptors (Lipinski definition) is 8. The maximum Gasteiger partial charge on any atom is 0.296 e. The third-order valence-corrected chi connectivity index (χ3v) is 7.92. The molecule has 0 saturated carbocycles. The Balaban J connectivity index is 1.44. The van der Waals surface area contributed by atoms with Gasteiger partial charge < -0.3 is 9.47 Å². The van der Waals surface area contributed by atoms with Crippen LogP contribution in [-0.2, 0) is 6.42 Å². The number of fused-ring (bicyclic) bond motifs is 1. The number of thiazole rings is 1. The van der Waals surface area contributed by atoms with Crippen LogP contribution < -0.4 is 25.1 Å². The molecule has 0 aliphatic carbocycles. The van der Waals surface area contributed by atoms with Gasteiger partial charge in [-0.2, -0.15) is 19.7 Å². The first kappa shape index (κ1) is 28.0. The van der Waals surface area contributed by atoms with E-state index in [9.17, 15) is 9.59 Å². The molecule has 6 rings (SSSR count). The third-order valence-electron chi connectivity index (χ3n) is 6.96. The third kappa shape index (κ3) is 5.82. The molecule has 0 saturated heterocycles. The quantitative estimate of drug-likeness (QED) is 0.242. The van der Waals surface area contributed by atoms with Crippen molar-refractivity contribution < 1.29 is 9.47 Å². The summed E-state index contributed by atoms with van der Waals surface area (Å²) in [6.45, 7) is 4.73. The Morgan fingerprint density at radius 1 is 0.953 bits per heavy atom. The van der Waals surface area contributed by atoms with Crippen LogP contribution in [0, 0.1) is 6.92 Å². The van der Waals surface area contributed by atoms with E-state index >= 15 is 0 Å². The van der Waals surface area contributed by atoms with Gasteiger partial charge in [0.1, 0.15) is 22.9 Å². The zero-order valence-corrected chi connectivity index (χ0v) is 24.8. The normalized spacial score (nSPS) is 11.7. The fourth-order valence-electron chi connectivity index (χ4n) is 4.76. The van der Waals surface area contributed by atoms with Gasteiger partial charge in [0.05, 0.1) is 23.9 Å². The number of para-hydroxylation sites is 1. The van der Waals surface area contributed by atoms with Crippen molar-refractivity contribution in [2.24, 2.45) is 0 Å². The minimum absolute atomic E-state index is 0.197. The number of aromatic nitrogens is 5. The highest BCUT2D eigenvalue weighted by atomic mass is 32.1. The molecule has 3 aromatic carbocycles. The molecule has 9 nitrogen and oxygen atoms in total. The summed E-state index contributed by atoms with van der Waals surface area (Å²) < 4.78 is 14.4. The molecule has 0 radical (unpaired) electrons. The van der Waals surface area contributed by atoms with Crippen LogP contribution in [0.25, 0.3) is 28.0 Å². The second kappa shape index (κ2) is 12.0. The lowest BCUT2D eigenvalue weighted by atomic mass is 10.0. The molecule has 10 heteroatoms.